The molecule has 0 saturated carbocycles. The Morgan fingerprint density at radius 3 is 2.87 bits per heavy atom. The van der Waals surface area contributed by atoms with Gasteiger partial charge < -0.3 is 24.5 Å². The van der Waals surface area contributed by atoms with E-state index in [2.05, 4.69) is 46.1 Å². The van der Waals surface area contributed by atoms with Gasteiger partial charge in [-0.15, -0.1) is 0 Å². The second-order valence-corrected chi connectivity index (χ2v) is 10.7. The summed E-state index contributed by atoms with van der Waals surface area (Å²) in [4.78, 5) is 13.3. The zero-order valence-corrected chi connectivity index (χ0v) is 22.2. The third-order valence-electron chi connectivity index (χ3n) is 6.68. The van der Waals surface area contributed by atoms with E-state index >= 15 is 0 Å². The lowest BCUT2D eigenvalue weighted by molar-refractivity contribution is 0.0391. The molecule has 0 spiro atoms. The van der Waals surface area contributed by atoms with E-state index in [1.165, 1.54) is 0 Å². The van der Waals surface area contributed by atoms with Crippen LogP contribution in [0, 0.1) is 0 Å². The number of nitrogens with one attached hydrogen (secondary N) is 1. The maximum atomic E-state index is 9.80. The highest BCUT2D eigenvalue weighted by atomic mass is 35.5. The lowest BCUT2D eigenvalue weighted by Crippen LogP contribution is -2.29. The van der Waals surface area contributed by atoms with Crippen LogP contribution in [0.1, 0.15) is 38.9 Å². The fraction of sp³-hybridized carbons (Fsp3) is 0.400. The van der Waals surface area contributed by atoms with Gasteiger partial charge in [0.1, 0.15) is 16.6 Å². The molecular weight excluding hydrogens is 510 g/mol. The Balaban J connectivity index is 1.32. The first-order chi connectivity index (χ1) is 18.2. The van der Waals surface area contributed by atoms with Gasteiger partial charge >= 0.3 is 0 Å². The zero-order chi connectivity index (χ0) is 26.6. The minimum absolute atomic E-state index is 0.0447. The predicted octanol–water partition coefficient (Wildman–Crippen LogP) is 4.02. The number of aryl methyl sites for hydroxylation is 1. The van der Waals surface area contributed by atoms with Crippen molar-refractivity contribution >= 4 is 40.2 Å². The Labute approximate surface area is 223 Å². The van der Waals surface area contributed by atoms with Crippen molar-refractivity contribution in [2.45, 2.75) is 44.8 Å². The maximum absolute atomic E-state index is 9.80. The Kier molecular flexibility index (Phi) is 5.97. The number of rotatable bonds is 6. The number of aromatic nitrogens is 8. The number of hydrogen-bond acceptors (Lipinski definition) is 9. The second-order valence-electron chi connectivity index (χ2n) is 10.3. The highest BCUT2D eigenvalue weighted by Crippen LogP contribution is 2.37. The first kappa shape index (κ1) is 24.6. The number of imidazole rings is 2. The fourth-order valence-electron chi connectivity index (χ4n) is 4.75. The van der Waals surface area contributed by atoms with Crippen LogP contribution in [0.3, 0.4) is 0 Å². The van der Waals surface area contributed by atoms with Crippen molar-refractivity contribution in [2.75, 3.05) is 18.5 Å². The Bertz CT molecular complexity index is 1630. The SMILES string of the molecule is Cn1c(Nc2cc(C(C)(C)C)n([C@@H]3CCO[C@H]3CO)n2)nc2ncc(Oc3cnn4ccnc4c3)c(Cl)c21. The molecule has 0 aliphatic carbocycles. The summed E-state index contributed by atoms with van der Waals surface area (Å²) >= 11 is 6.77. The summed E-state index contributed by atoms with van der Waals surface area (Å²) in [5.41, 5.74) is 2.59. The molecule has 5 aromatic rings. The van der Waals surface area contributed by atoms with Crippen LogP contribution in [0.25, 0.3) is 16.8 Å². The molecule has 0 amide bonds. The largest absolute Gasteiger partial charge is 0.452 e. The number of fused-ring (bicyclic) bond motifs is 2. The lowest BCUT2D eigenvalue weighted by atomic mass is 9.91. The molecule has 0 unspecified atom stereocenters. The molecule has 1 fully saturated rings. The summed E-state index contributed by atoms with van der Waals surface area (Å²) in [5, 5.41) is 22.6. The third-order valence-corrected chi connectivity index (χ3v) is 7.04. The number of hydrogen-bond donors (Lipinski definition) is 2. The van der Waals surface area contributed by atoms with Gasteiger partial charge in [-0.3, -0.25) is 4.68 Å². The lowest BCUT2D eigenvalue weighted by Gasteiger charge is -2.25. The van der Waals surface area contributed by atoms with Gasteiger partial charge in [0.05, 0.1) is 25.0 Å². The first-order valence-electron chi connectivity index (χ1n) is 12.3. The molecule has 5 aromatic heterocycles. The van der Waals surface area contributed by atoms with Crippen molar-refractivity contribution in [3.05, 3.63) is 47.6 Å². The van der Waals surface area contributed by atoms with Crippen molar-refractivity contribution in [3.63, 3.8) is 0 Å². The smallest absolute Gasteiger partial charge is 0.210 e. The van der Waals surface area contributed by atoms with E-state index in [-0.39, 0.29) is 24.2 Å². The van der Waals surface area contributed by atoms with Crippen molar-refractivity contribution in [1.82, 2.24) is 38.9 Å². The van der Waals surface area contributed by atoms with Gasteiger partial charge in [0, 0.05) is 49.3 Å². The molecule has 1 aliphatic heterocycles. The monoisotopic (exact) mass is 537 g/mol. The van der Waals surface area contributed by atoms with Gasteiger partial charge in [0.25, 0.3) is 0 Å². The van der Waals surface area contributed by atoms with Crippen LogP contribution in [0.5, 0.6) is 11.5 Å². The minimum Gasteiger partial charge on any atom is -0.452 e. The Morgan fingerprint density at radius 1 is 1.24 bits per heavy atom. The molecule has 1 saturated heterocycles. The highest BCUT2D eigenvalue weighted by Gasteiger charge is 2.34. The van der Waals surface area contributed by atoms with E-state index in [0.717, 1.165) is 12.1 Å². The second kappa shape index (κ2) is 9.22. The van der Waals surface area contributed by atoms with Crippen molar-refractivity contribution < 1.29 is 14.6 Å². The molecule has 2 N–H and O–H groups in total. The number of nitrogens with zero attached hydrogens (tertiary/aromatic N) is 8. The summed E-state index contributed by atoms with van der Waals surface area (Å²) in [6, 6.07) is 3.73. The predicted molar refractivity (Wildman–Crippen MR) is 141 cm³/mol. The number of pyridine rings is 1. The molecule has 0 bridgehead atoms. The van der Waals surface area contributed by atoms with Gasteiger partial charge in [-0.05, 0) is 6.42 Å². The van der Waals surface area contributed by atoms with Crippen LogP contribution in [0.4, 0.5) is 11.8 Å². The number of aliphatic hydroxyl groups excluding tert-OH is 1. The van der Waals surface area contributed by atoms with E-state index < -0.39 is 0 Å². The third kappa shape index (κ3) is 4.24. The van der Waals surface area contributed by atoms with Gasteiger partial charge in [-0.1, -0.05) is 32.4 Å². The average Bonchev–Trinajstić information content (AvgIpc) is 3.66. The van der Waals surface area contributed by atoms with E-state index in [1.54, 1.807) is 35.4 Å². The summed E-state index contributed by atoms with van der Waals surface area (Å²) in [7, 11) is 1.85. The van der Waals surface area contributed by atoms with Crippen molar-refractivity contribution in [1.29, 1.82) is 0 Å². The molecule has 13 heteroatoms. The van der Waals surface area contributed by atoms with Crippen LogP contribution in [0.15, 0.2) is 36.9 Å². The Morgan fingerprint density at radius 2 is 2.08 bits per heavy atom. The van der Waals surface area contributed by atoms with Crippen LogP contribution >= 0.6 is 11.6 Å². The van der Waals surface area contributed by atoms with Crippen molar-refractivity contribution in [3.8, 4) is 11.5 Å². The molecule has 0 aromatic carbocycles. The van der Waals surface area contributed by atoms with E-state index in [4.69, 9.17) is 26.2 Å². The van der Waals surface area contributed by atoms with Crippen LogP contribution < -0.4 is 10.1 Å². The number of ether oxygens (including phenoxy) is 2. The van der Waals surface area contributed by atoms with E-state index in [1.807, 2.05) is 22.4 Å². The highest BCUT2D eigenvalue weighted by molar-refractivity contribution is 6.36. The normalized spacial score (nSPS) is 18.1. The summed E-state index contributed by atoms with van der Waals surface area (Å²) in [5.74, 6) is 2.02. The first-order valence-corrected chi connectivity index (χ1v) is 12.7. The van der Waals surface area contributed by atoms with Crippen LogP contribution in [-0.4, -0.2) is 63.3 Å². The van der Waals surface area contributed by atoms with E-state index in [9.17, 15) is 5.11 Å². The Hall–Kier alpha value is -3.74. The fourth-order valence-corrected chi connectivity index (χ4v) is 5.04. The molecule has 1 aliphatic rings. The molecular formula is C25H28ClN9O3. The summed E-state index contributed by atoms with van der Waals surface area (Å²) in [6.07, 6.45) is 7.04. The van der Waals surface area contributed by atoms with Crippen LogP contribution in [-0.2, 0) is 17.2 Å². The standard InChI is InChI=1S/C25H28ClN9O3/c1-25(2,3)18-10-19(32-35(18)15-5-8-37-17(15)13-36)30-24-31-23-22(33(24)4)21(26)16(12-28-23)38-14-9-20-27-6-7-34(20)29-11-14/h6-7,9-12,15,17,36H,5,8,13H2,1-4H3,(H,28,30,31,32)/t15-,17+/m1/s1. The molecule has 198 valence electrons. The minimum atomic E-state index is -0.287. The van der Waals surface area contributed by atoms with E-state index in [0.29, 0.717) is 51.7 Å². The van der Waals surface area contributed by atoms with Crippen LogP contribution in [0.2, 0.25) is 5.02 Å². The quantitative estimate of drug-likeness (QED) is 0.330. The van der Waals surface area contributed by atoms with Gasteiger partial charge in [-0.25, -0.2) is 14.5 Å². The van der Waals surface area contributed by atoms with Gasteiger partial charge in [-0.2, -0.15) is 15.2 Å². The molecule has 0 radical (unpaired) electrons. The summed E-state index contributed by atoms with van der Waals surface area (Å²) in [6.45, 7) is 6.94. The number of halogens is 1. The van der Waals surface area contributed by atoms with Gasteiger partial charge in [0.2, 0.25) is 5.95 Å². The molecule has 6 rings (SSSR count). The van der Waals surface area contributed by atoms with Gasteiger partial charge in [0.15, 0.2) is 28.6 Å². The maximum Gasteiger partial charge on any atom is 0.210 e. The topological polar surface area (TPSA) is 129 Å². The number of aliphatic hydroxyl groups is 1. The molecule has 6 heterocycles. The van der Waals surface area contributed by atoms with Crippen molar-refractivity contribution in [2.24, 2.45) is 7.05 Å². The number of anilines is 2. The zero-order valence-electron chi connectivity index (χ0n) is 21.5. The molecule has 2 atom stereocenters. The average molecular weight is 538 g/mol. The summed E-state index contributed by atoms with van der Waals surface area (Å²) < 4.78 is 17.1. The molecule has 38 heavy (non-hydrogen) atoms. The molecule has 12 nitrogen and oxygen atoms in total.